The van der Waals surface area contributed by atoms with E-state index in [0.717, 1.165) is 60.0 Å². The van der Waals surface area contributed by atoms with E-state index in [0.29, 0.717) is 73.4 Å². The first-order valence-corrected chi connectivity index (χ1v) is 23.3. The van der Waals surface area contributed by atoms with Crippen LogP contribution < -0.4 is 15.1 Å². The molecule has 294 valence electrons. The van der Waals surface area contributed by atoms with E-state index in [9.17, 15) is 4.80 Å². The van der Waals surface area contributed by atoms with Crippen molar-refractivity contribution in [1.29, 1.82) is 0 Å². The summed E-state index contributed by atoms with van der Waals surface area (Å²) in [7, 11) is -3.24. The Bertz CT molecular complexity index is 1460. The second-order valence-corrected chi connectivity index (χ2v) is 20.2. The molecule has 3 aromatic carbocycles. The van der Waals surface area contributed by atoms with E-state index in [4.69, 9.17) is 46.9 Å². The van der Waals surface area contributed by atoms with Crippen LogP contribution >= 0.6 is 39.1 Å². The smallest absolute Gasteiger partial charge is 0.258 e. The van der Waals surface area contributed by atoms with Crippen LogP contribution in [0.3, 0.4) is 0 Å². The first-order valence-electron chi connectivity index (χ1n) is 19.6. The van der Waals surface area contributed by atoms with Crippen molar-refractivity contribution in [3.05, 3.63) is 87.4 Å². The number of hydrogen-bond donors (Lipinski definition) is 1. The zero-order chi connectivity index (χ0) is 38.3. The van der Waals surface area contributed by atoms with Crippen LogP contribution in [0.15, 0.2) is 71.2 Å². The van der Waals surface area contributed by atoms with Crippen molar-refractivity contribution in [2.75, 3.05) is 38.9 Å². The van der Waals surface area contributed by atoms with Crippen molar-refractivity contribution < 1.29 is 28.5 Å². The van der Waals surface area contributed by atoms with Crippen LogP contribution in [0.4, 0.5) is 0 Å². The van der Waals surface area contributed by atoms with Crippen LogP contribution in [0.1, 0.15) is 103 Å². The van der Waals surface area contributed by atoms with Gasteiger partial charge in [0.15, 0.2) is 0 Å². The Labute approximate surface area is 338 Å². The lowest BCUT2D eigenvalue weighted by Gasteiger charge is -2.43. The Morgan fingerprint density at radius 2 is 1.45 bits per heavy atom. The molecule has 10 heteroatoms. The number of aryl methyl sites for hydroxylation is 1. The van der Waals surface area contributed by atoms with E-state index in [-0.39, 0.29) is 18.3 Å². The molecule has 0 radical (unpaired) electrons. The van der Waals surface area contributed by atoms with E-state index in [1.165, 1.54) is 0 Å². The molecular formula is C43H61BrCl2O6Si. The van der Waals surface area contributed by atoms with Gasteiger partial charge in [-0.1, -0.05) is 126 Å². The minimum atomic E-state index is -3.24. The molecule has 0 aromatic heterocycles. The van der Waals surface area contributed by atoms with Gasteiger partial charge >= 0.3 is 0 Å². The average Bonchev–Trinajstić information content (AvgIpc) is 3.17. The van der Waals surface area contributed by atoms with Gasteiger partial charge in [0.05, 0.1) is 34.2 Å². The van der Waals surface area contributed by atoms with Gasteiger partial charge in [-0.05, 0) is 75.1 Å². The number of benzene rings is 3. The molecule has 1 aliphatic rings. The summed E-state index contributed by atoms with van der Waals surface area (Å²) in [5.74, 6) is 0.923. The lowest BCUT2D eigenvalue weighted by atomic mass is 9.90. The number of halogens is 3. The first-order chi connectivity index (χ1) is 25.6. The van der Waals surface area contributed by atoms with Crippen LogP contribution in [0, 0.1) is 0 Å². The molecule has 1 saturated heterocycles. The molecular weight excluding hydrogens is 791 g/mol. The summed E-state index contributed by atoms with van der Waals surface area (Å²) in [5, 5.41) is 2.08. The van der Waals surface area contributed by atoms with E-state index in [2.05, 4.69) is 80.9 Å². The Morgan fingerprint density at radius 1 is 0.868 bits per heavy atom. The van der Waals surface area contributed by atoms with E-state index in [1.807, 2.05) is 36.4 Å². The standard InChI is InChI=1S/C43H61BrCl2O6Si/c1-6-9-25-48-31-33-30-37(49-26-10-7-2)42(50-27-11-8-3)41(52-33)36-29-32(39(46)38(44)40(36)51-28-24-45)22-23-43(4,5)53(47,34-18-14-12-15-19-34)35-20-16-13-17-21-35/h12-21,29,33,37,41-42,47H,6-11,22-28,30-31H2,1-5H3/t33-,37-,41?,42+/m0/s1. The van der Waals surface area contributed by atoms with E-state index in [1.54, 1.807) is 0 Å². The number of hydrogen-bond acceptors (Lipinski definition) is 6. The largest absolute Gasteiger partial charge is 0.491 e. The van der Waals surface area contributed by atoms with Gasteiger partial charge < -0.3 is 28.5 Å². The topological polar surface area (TPSA) is 66.4 Å². The van der Waals surface area contributed by atoms with E-state index < -0.39 is 19.5 Å². The Balaban J connectivity index is 1.77. The second-order valence-electron chi connectivity index (χ2n) is 14.7. The van der Waals surface area contributed by atoms with Crippen molar-refractivity contribution in [1.82, 2.24) is 0 Å². The number of unbranched alkanes of at least 4 members (excludes halogenated alkanes) is 3. The monoisotopic (exact) mass is 850 g/mol. The normalized spacial score (nSPS) is 19.4. The first kappa shape index (κ1) is 44.3. The minimum Gasteiger partial charge on any atom is -0.491 e. The van der Waals surface area contributed by atoms with Gasteiger partial charge in [0.25, 0.3) is 8.32 Å². The third-order valence-electron chi connectivity index (χ3n) is 10.4. The highest BCUT2D eigenvalue weighted by molar-refractivity contribution is 9.10. The van der Waals surface area contributed by atoms with Crippen LogP contribution in [-0.4, -0.2) is 70.3 Å². The SMILES string of the molecule is CCCCOC[C@@H]1C[C@H](OCCCC)[C@@H](OCCCC)C(c2cc(CCC(C)(C)[Si](O)(c3ccccc3)c3ccccc3)c(Cl)c(Br)c2OCCCl)O1. The molecule has 1 aliphatic heterocycles. The predicted octanol–water partition coefficient (Wildman–Crippen LogP) is 10.2. The van der Waals surface area contributed by atoms with Gasteiger partial charge in [-0.25, -0.2) is 0 Å². The molecule has 1 heterocycles. The van der Waals surface area contributed by atoms with Crippen LogP contribution in [-0.2, 0) is 25.4 Å². The molecule has 1 unspecified atom stereocenters. The maximum atomic E-state index is 12.9. The summed E-state index contributed by atoms with van der Waals surface area (Å²) in [6, 6.07) is 22.4. The average molecular weight is 853 g/mol. The summed E-state index contributed by atoms with van der Waals surface area (Å²) in [6.07, 6.45) is 6.79. The zero-order valence-corrected chi connectivity index (χ0v) is 36.5. The number of ether oxygens (including phenoxy) is 5. The molecule has 6 nitrogen and oxygen atoms in total. The number of alkyl halides is 1. The third-order valence-corrected chi connectivity index (χ3v) is 16.5. The van der Waals surface area contributed by atoms with Gasteiger partial charge in [-0.3, -0.25) is 0 Å². The maximum Gasteiger partial charge on any atom is 0.258 e. The van der Waals surface area contributed by atoms with Gasteiger partial charge in [-0.15, -0.1) is 11.6 Å². The molecule has 0 amide bonds. The lowest BCUT2D eigenvalue weighted by Crippen LogP contribution is -2.65. The summed E-state index contributed by atoms with van der Waals surface area (Å²) in [6.45, 7) is 13.6. The third kappa shape index (κ3) is 11.5. The molecule has 0 spiro atoms. The van der Waals surface area contributed by atoms with Crippen molar-refractivity contribution >= 4 is 57.8 Å². The zero-order valence-electron chi connectivity index (χ0n) is 32.4. The lowest BCUT2D eigenvalue weighted by molar-refractivity contribution is -0.213. The van der Waals surface area contributed by atoms with Crippen molar-refractivity contribution in [3.8, 4) is 5.75 Å². The summed E-state index contributed by atoms with van der Waals surface area (Å²) in [5.41, 5.74) is 1.79. The molecule has 4 atom stereocenters. The quantitative estimate of drug-likeness (QED) is 0.0583. The van der Waals surface area contributed by atoms with Gasteiger partial charge in [-0.2, -0.15) is 0 Å². The Kier molecular flexibility index (Phi) is 18.6. The minimum absolute atomic E-state index is 0.188. The summed E-state index contributed by atoms with van der Waals surface area (Å²) in [4.78, 5) is 12.9. The van der Waals surface area contributed by atoms with E-state index >= 15 is 0 Å². The molecule has 0 aliphatic carbocycles. The van der Waals surface area contributed by atoms with Gasteiger partial charge in [0.2, 0.25) is 0 Å². The molecule has 1 fully saturated rings. The van der Waals surface area contributed by atoms with Crippen molar-refractivity contribution in [2.24, 2.45) is 0 Å². The molecule has 4 rings (SSSR count). The van der Waals surface area contributed by atoms with Crippen LogP contribution in [0.5, 0.6) is 5.75 Å². The highest BCUT2D eigenvalue weighted by Crippen LogP contribution is 2.48. The molecule has 3 aromatic rings. The fraction of sp³-hybridized carbons (Fsp3) is 0.581. The highest BCUT2D eigenvalue weighted by atomic mass is 79.9. The predicted molar refractivity (Wildman–Crippen MR) is 225 cm³/mol. The highest BCUT2D eigenvalue weighted by Gasteiger charge is 2.50. The Hall–Kier alpha value is -1.46. The molecule has 0 saturated carbocycles. The van der Waals surface area contributed by atoms with Crippen LogP contribution in [0.25, 0.3) is 0 Å². The van der Waals surface area contributed by atoms with Gasteiger partial charge in [0.1, 0.15) is 24.6 Å². The molecule has 1 N–H and O–H groups in total. The van der Waals surface area contributed by atoms with Crippen molar-refractivity contribution in [2.45, 2.75) is 122 Å². The molecule has 0 bridgehead atoms. The second kappa shape index (κ2) is 22.3. The fourth-order valence-corrected chi connectivity index (χ4v) is 11.8. The maximum absolute atomic E-state index is 12.9. The van der Waals surface area contributed by atoms with Crippen molar-refractivity contribution in [3.63, 3.8) is 0 Å². The molecule has 53 heavy (non-hydrogen) atoms. The summed E-state index contributed by atoms with van der Waals surface area (Å²) >= 11 is 17.2. The summed E-state index contributed by atoms with van der Waals surface area (Å²) < 4.78 is 33.5. The van der Waals surface area contributed by atoms with Gasteiger partial charge in [0, 0.05) is 31.8 Å². The fourth-order valence-electron chi connectivity index (χ4n) is 7.15. The van der Waals surface area contributed by atoms with Crippen LogP contribution in [0.2, 0.25) is 10.1 Å². The Morgan fingerprint density at radius 3 is 2.04 bits per heavy atom. The number of rotatable bonds is 23.